The molecule has 0 bridgehead atoms. The summed E-state index contributed by atoms with van der Waals surface area (Å²) in [5, 5.41) is 2.70. The number of hydrogen-bond donors (Lipinski definition) is 1. The number of carbonyl (C=O) groups is 1. The first-order valence-corrected chi connectivity index (χ1v) is 16.4. The number of carbonyl (C=O) groups excluding carboxylic acids is 1. The third-order valence-electron chi connectivity index (χ3n) is 7.40. The lowest BCUT2D eigenvalue weighted by molar-refractivity contribution is -0.118. The summed E-state index contributed by atoms with van der Waals surface area (Å²) in [5.41, 5.74) is 2.74. The van der Waals surface area contributed by atoms with Crippen LogP contribution >= 0.6 is 0 Å². The minimum atomic E-state index is -3.76. The van der Waals surface area contributed by atoms with Crippen molar-refractivity contribution in [3.63, 3.8) is 0 Å². The molecule has 0 spiro atoms. The number of para-hydroxylation sites is 1. The number of hydrogen-bond acceptors (Lipinski definition) is 7. The number of piperazine rings is 1. The molecule has 41 heavy (non-hydrogen) atoms. The van der Waals surface area contributed by atoms with Crippen LogP contribution in [0.25, 0.3) is 0 Å². The summed E-state index contributed by atoms with van der Waals surface area (Å²) in [5.74, 6) is -0.0348. The fraction of sp³-hybridized carbons (Fsp3) is 0.345. The predicted molar refractivity (Wildman–Crippen MR) is 157 cm³/mol. The number of rotatable bonds is 8. The Morgan fingerprint density at radius 2 is 1.54 bits per heavy atom. The van der Waals surface area contributed by atoms with E-state index in [1.807, 2.05) is 31.3 Å². The topological polar surface area (TPSA) is 116 Å². The van der Waals surface area contributed by atoms with Crippen molar-refractivity contribution in [2.24, 2.45) is 0 Å². The molecule has 0 radical (unpaired) electrons. The van der Waals surface area contributed by atoms with E-state index < -0.39 is 26.0 Å². The Morgan fingerprint density at radius 1 is 0.854 bits per heavy atom. The smallest absolute Gasteiger partial charge is 0.264 e. The Morgan fingerprint density at radius 3 is 2.24 bits per heavy atom. The predicted octanol–water partition coefficient (Wildman–Crippen LogP) is 3.09. The number of fused-ring (bicyclic) bond motifs is 1. The van der Waals surface area contributed by atoms with Crippen LogP contribution in [0, 0.1) is 6.92 Å². The van der Waals surface area contributed by atoms with Crippen LogP contribution in [0.1, 0.15) is 17.5 Å². The van der Waals surface area contributed by atoms with Crippen molar-refractivity contribution in [3.8, 4) is 5.75 Å². The van der Waals surface area contributed by atoms with Crippen LogP contribution in [0.2, 0.25) is 0 Å². The van der Waals surface area contributed by atoms with E-state index in [1.54, 1.807) is 31.2 Å². The lowest BCUT2D eigenvalue weighted by Gasteiger charge is -2.31. The molecule has 3 aromatic rings. The summed E-state index contributed by atoms with van der Waals surface area (Å²) in [4.78, 5) is 15.0. The number of anilines is 2. The monoisotopic (exact) mass is 598 g/mol. The molecule has 2 aliphatic rings. The van der Waals surface area contributed by atoms with Crippen LogP contribution in [0.5, 0.6) is 5.75 Å². The fourth-order valence-electron chi connectivity index (χ4n) is 5.05. The highest BCUT2D eigenvalue weighted by Crippen LogP contribution is 2.33. The number of likely N-dealkylation sites (N-methyl/N-ethyl adjacent to an activating group) is 1. The van der Waals surface area contributed by atoms with Gasteiger partial charge in [0.05, 0.1) is 15.5 Å². The van der Waals surface area contributed by atoms with E-state index >= 15 is 0 Å². The molecule has 12 heteroatoms. The third kappa shape index (κ3) is 6.25. The molecule has 218 valence electrons. The van der Waals surface area contributed by atoms with Crippen molar-refractivity contribution in [2.75, 3.05) is 56.0 Å². The van der Waals surface area contributed by atoms with Gasteiger partial charge in [0.2, 0.25) is 10.0 Å². The highest BCUT2D eigenvalue weighted by molar-refractivity contribution is 7.92. The lowest BCUT2D eigenvalue weighted by atomic mass is 10.0. The van der Waals surface area contributed by atoms with E-state index in [0.717, 1.165) is 18.4 Å². The first kappa shape index (κ1) is 29.1. The summed E-state index contributed by atoms with van der Waals surface area (Å²) >= 11 is 0. The van der Waals surface area contributed by atoms with Crippen molar-refractivity contribution < 1.29 is 26.4 Å². The molecule has 2 aliphatic heterocycles. The van der Waals surface area contributed by atoms with E-state index in [0.29, 0.717) is 55.4 Å². The molecule has 1 N–H and O–H groups in total. The zero-order valence-electron chi connectivity index (χ0n) is 23.1. The van der Waals surface area contributed by atoms with Crippen molar-refractivity contribution in [1.82, 2.24) is 9.21 Å². The Balaban J connectivity index is 1.19. The number of aryl methyl sites for hydroxylation is 2. The number of ether oxygens (including phenoxy) is 1. The average molecular weight is 599 g/mol. The van der Waals surface area contributed by atoms with E-state index in [4.69, 9.17) is 4.74 Å². The molecule has 0 atom stereocenters. The number of amides is 1. The van der Waals surface area contributed by atoms with Gasteiger partial charge in [-0.1, -0.05) is 18.2 Å². The van der Waals surface area contributed by atoms with Gasteiger partial charge in [-0.25, -0.2) is 16.8 Å². The molecule has 1 amide bonds. The second kappa shape index (κ2) is 11.8. The molecule has 10 nitrogen and oxygen atoms in total. The summed E-state index contributed by atoms with van der Waals surface area (Å²) in [6.45, 7) is 4.08. The summed E-state index contributed by atoms with van der Waals surface area (Å²) < 4.78 is 61.3. The van der Waals surface area contributed by atoms with Crippen LogP contribution in [-0.4, -0.2) is 78.3 Å². The third-order valence-corrected chi connectivity index (χ3v) is 11.1. The quantitative estimate of drug-likeness (QED) is 0.424. The first-order valence-electron chi connectivity index (χ1n) is 13.5. The summed E-state index contributed by atoms with van der Waals surface area (Å²) in [7, 11) is -5.39. The first-order chi connectivity index (χ1) is 19.6. The molecule has 1 fully saturated rings. The Labute approximate surface area is 241 Å². The zero-order chi connectivity index (χ0) is 29.2. The minimum Gasteiger partial charge on any atom is -0.483 e. The molecular formula is C29H34N4O6S2. The number of nitrogens with zero attached hydrogens (tertiary/aromatic N) is 3. The molecule has 2 heterocycles. The molecule has 0 unspecified atom stereocenters. The van der Waals surface area contributed by atoms with Gasteiger partial charge < -0.3 is 15.0 Å². The largest absolute Gasteiger partial charge is 0.483 e. The number of nitrogens with one attached hydrogen (secondary N) is 1. The highest BCUT2D eigenvalue weighted by atomic mass is 32.2. The summed E-state index contributed by atoms with van der Waals surface area (Å²) in [6, 6.07) is 18.2. The molecule has 5 rings (SSSR count). The molecule has 3 aromatic carbocycles. The van der Waals surface area contributed by atoms with Gasteiger partial charge in [0.1, 0.15) is 5.75 Å². The SMILES string of the molecule is Cc1cc(S(=O)(=O)N2CCCc3ccccc32)ccc1OCC(=O)Nc1ccc(S(=O)(=O)N2CCN(C)CC2)cc1. The Kier molecular flexibility index (Phi) is 8.37. The van der Waals surface area contributed by atoms with Gasteiger partial charge in [-0.3, -0.25) is 9.10 Å². The Bertz CT molecular complexity index is 1630. The maximum absolute atomic E-state index is 13.5. The van der Waals surface area contributed by atoms with Crippen molar-refractivity contribution in [2.45, 2.75) is 29.6 Å². The molecule has 0 aliphatic carbocycles. The summed E-state index contributed by atoms with van der Waals surface area (Å²) in [6.07, 6.45) is 1.59. The van der Waals surface area contributed by atoms with E-state index in [9.17, 15) is 21.6 Å². The van der Waals surface area contributed by atoms with Gasteiger partial charge in [-0.15, -0.1) is 0 Å². The maximum Gasteiger partial charge on any atom is 0.264 e. The van der Waals surface area contributed by atoms with E-state index in [-0.39, 0.29) is 16.4 Å². The van der Waals surface area contributed by atoms with Crippen molar-refractivity contribution in [3.05, 3.63) is 77.9 Å². The highest BCUT2D eigenvalue weighted by Gasteiger charge is 2.30. The minimum absolute atomic E-state index is 0.162. The van der Waals surface area contributed by atoms with E-state index in [2.05, 4.69) is 10.2 Å². The van der Waals surface area contributed by atoms with Crippen LogP contribution < -0.4 is 14.4 Å². The number of sulfonamides is 2. The van der Waals surface area contributed by atoms with Gasteiger partial charge in [0.25, 0.3) is 15.9 Å². The lowest BCUT2D eigenvalue weighted by Crippen LogP contribution is -2.46. The van der Waals surface area contributed by atoms with Crippen molar-refractivity contribution >= 4 is 37.3 Å². The van der Waals surface area contributed by atoms with Crippen LogP contribution in [0.15, 0.2) is 76.5 Å². The normalized spacial score (nSPS) is 16.7. The standard InChI is InChI=1S/C29H34N4O6S2/c1-22-20-26(41(37,38)33-15-5-7-23-6-3-4-8-27(23)33)13-14-28(22)39-21-29(34)30-24-9-11-25(12-10-24)40(35,36)32-18-16-31(2)17-19-32/h3-4,6,8-14,20H,5,7,15-19,21H2,1-2H3,(H,30,34). The van der Waals surface area contributed by atoms with Gasteiger partial charge in [0, 0.05) is 38.4 Å². The Hall–Kier alpha value is -3.45. The average Bonchev–Trinajstić information content (AvgIpc) is 2.96. The van der Waals surface area contributed by atoms with Gasteiger partial charge in [-0.05, 0) is 86.5 Å². The van der Waals surface area contributed by atoms with Crippen LogP contribution in [0.4, 0.5) is 11.4 Å². The molecule has 0 saturated carbocycles. The molecular weight excluding hydrogens is 564 g/mol. The van der Waals surface area contributed by atoms with Crippen LogP contribution in [-0.2, 0) is 31.3 Å². The van der Waals surface area contributed by atoms with Crippen LogP contribution in [0.3, 0.4) is 0 Å². The molecule has 0 aromatic heterocycles. The second-order valence-electron chi connectivity index (χ2n) is 10.3. The van der Waals surface area contributed by atoms with Gasteiger partial charge >= 0.3 is 0 Å². The van der Waals surface area contributed by atoms with Crippen molar-refractivity contribution in [1.29, 1.82) is 0 Å². The number of benzene rings is 3. The van der Waals surface area contributed by atoms with E-state index in [1.165, 1.54) is 26.8 Å². The maximum atomic E-state index is 13.5. The molecule has 1 saturated heterocycles. The zero-order valence-corrected chi connectivity index (χ0v) is 24.7. The van der Waals surface area contributed by atoms with Gasteiger partial charge in [-0.2, -0.15) is 4.31 Å². The van der Waals surface area contributed by atoms with Gasteiger partial charge in [0.15, 0.2) is 6.61 Å². The second-order valence-corrected chi connectivity index (χ2v) is 14.1. The fourth-order valence-corrected chi connectivity index (χ4v) is 8.10.